The van der Waals surface area contributed by atoms with Crippen molar-refractivity contribution in [2.75, 3.05) is 7.11 Å². The van der Waals surface area contributed by atoms with E-state index in [1.165, 1.54) is 5.56 Å². The van der Waals surface area contributed by atoms with E-state index >= 15 is 0 Å². The molecule has 1 aromatic heterocycles. The van der Waals surface area contributed by atoms with Crippen LogP contribution in [-0.4, -0.2) is 12.1 Å². The fraction of sp³-hybridized carbons (Fsp3) is 0.308. The molecule has 2 aromatic rings. The summed E-state index contributed by atoms with van der Waals surface area (Å²) in [5.41, 5.74) is 4.16. The first-order valence-corrected chi connectivity index (χ1v) is 7.38. The summed E-state index contributed by atoms with van der Waals surface area (Å²) in [7, 11) is 1.67. The zero-order chi connectivity index (χ0) is 13.0. The van der Waals surface area contributed by atoms with Gasteiger partial charge in [0.05, 0.1) is 22.8 Å². The van der Waals surface area contributed by atoms with Crippen molar-refractivity contribution >= 4 is 27.3 Å². The quantitative estimate of drug-likeness (QED) is 0.908. The number of thiazole rings is 1. The maximum atomic E-state index is 5.22. The summed E-state index contributed by atoms with van der Waals surface area (Å²) in [5, 5.41) is 5.51. The number of rotatable bonds is 5. The van der Waals surface area contributed by atoms with Crippen LogP contribution in [0.1, 0.15) is 24.2 Å². The van der Waals surface area contributed by atoms with Gasteiger partial charge in [-0.05, 0) is 40.5 Å². The predicted octanol–water partition coefficient (Wildman–Crippen LogP) is 3.77. The van der Waals surface area contributed by atoms with Crippen LogP contribution in [0.15, 0.2) is 33.6 Å². The molecule has 1 N–H and O–H groups in total. The molecule has 0 aliphatic heterocycles. The van der Waals surface area contributed by atoms with Gasteiger partial charge < -0.3 is 10.1 Å². The van der Waals surface area contributed by atoms with Crippen LogP contribution < -0.4 is 10.1 Å². The summed E-state index contributed by atoms with van der Waals surface area (Å²) in [5.74, 6) is 0.852. The lowest BCUT2D eigenvalue weighted by molar-refractivity contribution is 0.411. The number of nitrogens with zero attached hydrogens (tertiary/aromatic N) is 1. The highest BCUT2D eigenvalue weighted by atomic mass is 79.9. The number of halogens is 1. The van der Waals surface area contributed by atoms with Gasteiger partial charge in [0.2, 0.25) is 0 Å². The lowest BCUT2D eigenvalue weighted by Crippen LogP contribution is -2.18. The Morgan fingerprint density at radius 1 is 1.50 bits per heavy atom. The highest BCUT2D eigenvalue weighted by molar-refractivity contribution is 9.10. The molecule has 0 aliphatic rings. The minimum Gasteiger partial charge on any atom is -0.496 e. The van der Waals surface area contributed by atoms with E-state index in [0.717, 1.165) is 22.5 Å². The van der Waals surface area contributed by atoms with Gasteiger partial charge in [-0.1, -0.05) is 6.07 Å². The molecule has 2 rings (SSSR count). The Bertz CT molecular complexity index is 502. The zero-order valence-corrected chi connectivity index (χ0v) is 12.7. The first kappa shape index (κ1) is 13.5. The van der Waals surface area contributed by atoms with Crippen LogP contribution in [0.3, 0.4) is 0 Å². The Kier molecular flexibility index (Phi) is 4.74. The lowest BCUT2D eigenvalue weighted by atomic mass is 10.1. The topological polar surface area (TPSA) is 34.1 Å². The molecule has 1 unspecified atom stereocenters. The van der Waals surface area contributed by atoms with Crippen LogP contribution in [0.5, 0.6) is 5.75 Å². The fourth-order valence-electron chi connectivity index (χ4n) is 1.65. The van der Waals surface area contributed by atoms with Gasteiger partial charge >= 0.3 is 0 Å². The van der Waals surface area contributed by atoms with Crippen LogP contribution in [0, 0.1) is 0 Å². The highest BCUT2D eigenvalue weighted by Gasteiger charge is 2.08. The first-order valence-electron chi connectivity index (χ1n) is 5.64. The summed E-state index contributed by atoms with van der Waals surface area (Å²) in [6.07, 6.45) is 0. The van der Waals surface area contributed by atoms with Gasteiger partial charge in [-0.15, -0.1) is 11.3 Å². The molecule has 0 radical (unpaired) electrons. The third-order valence-electron chi connectivity index (χ3n) is 2.75. The number of hydrogen-bond acceptors (Lipinski definition) is 4. The monoisotopic (exact) mass is 326 g/mol. The van der Waals surface area contributed by atoms with Gasteiger partial charge in [-0.3, -0.25) is 0 Å². The van der Waals surface area contributed by atoms with Crippen LogP contribution in [0.2, 0.25) is 0 Å². The molecule has 0 spiro atoms. The van der Waals surface area contributed by atoms with Crippen LogP contribution in [0.4, 0.5) is 0 Å². The molecule has 1 heterocycles. The van der Waals surface area contributed by atoms with E-state index in [1.54, 1.807) is 18.4 Å². The fourth-order valence-corrected chi connectivity index (χ4v) is 2.77. The largest absolute Gasteiger partial charge is 0.496 e. The highest BCUT2D eigenvalue weighted by Crippen LogP contribution is 2.28. The van der Waals surface area contributed by atoms with Crippen LogP contribution in [-0.2, 0) is 6.54 Å². The van der Waals surface area contributed by atoms with Crippen molar-refractivity contribution in [3.05, 3.63) is 44.8 Å². The van der Waals surface area contributed by atoms with Crippen molar-refractivity contribution in [2.24, 2.45) is 0 Å². The maximum Gasteiger partial charge on any atom is 0.133 e. The second kappa shape index (κ2) is 6.31. The second-order valence-corrected chi connectivity index (χ2v) is 5.55. The normalized spacial score (nSPS) is 12.4. The lowest BCUT2D eigenvalue weighted by Gasteiger charge is -2.14. The Morgan fingerprint density at radius 2 is 2.33 bits per heavy atom. The third-order valence-corrected chi connectivity index (χ3v) is 4.00. The SMILES string of the molecule is COc1ccc(C(C)NCc2cscn2)cc1Br. The third kappa shape index (κ3) is 3.31. The molecule has 96 valence electrons. The molecule has 0 amide bonds. The molecule has 0 saturated heterocycles. The summed E-state index contributed by atoms with van der Waals surface area (Å²) in [6, 6.07) is 6.40. The molecule has 1 aromatic carbocycles. The minimum absolute atomic E-state index is 0.272. The molecular weight excluding hydrogens is 312 g/mol. The van der Waals surface area contributed by atoms with E-state index < -0.39 is 0 Å². The van der Waals surface area contributed by atoms with Gasteiger partial charge in [0.1, 0.15) is 5.75 Å². The van der Waals surface area contributed by atoms with Crippen molar-refractivity contribution in [3.63, 3.8) is 0 Å². The number of ether oxygens (including phenoxy) is 1. The molecule has 5 heteroatoms. The van der Waals surface area contributed by atoms with Crippen molar-refractivity contribution < 1.29 is 4.74 Å². The summed E-state index contributed by atoms with van der Waals surface area (Å²) in [6.45, 7) is 2.93. The Morgan fingerprint density at radius 3 is 2.94 bits per heavy atom. The van der Waals surface area contributed by atoms with E-state index in [2.05, 4.69) is 50.7 Å². The second-order valence-electron chi connectivity index (χ2n) is 3.98. The minimum atomic E-state index is 0.272. The zero-order valence-electron chi connectivity index (χ0n) is 10.3. The molecule has 1 atom stereocenters. The molecule has 0 saturated carbocycles. The van der Waals surface area contributed by atoms with E-state index in [0.29, 0.717) is 0 Å². The maximum absolute atomic E-state index is 5.22. The average Bonchev–Trinajstić information content (AvgIpc) is 2.89. The Balaban J connectivity index is 2.00. The standard InChI is InChI=1S/C13H15BrN2OS/c1-9(15-6-11-7-18-8-16-11)10-3-4-13(17-2)12(14)5-10/h3-5,7-9,15H,6H2,1-2H3. The van der Waals surface area contributed by atoms with Gasteiger partial charge in [-0.2, -0.15) is 0 Å². The molecule has 3 nitrogen and oxygen atoms in total. The molecule has 18 heavy (non-hydrogen) atoms. The average molecular weight is 327 g/mol. The number of nitrogens with one attached hydrogen (secondary N) is 1. The summed E-state index contributed by atoms with van der Waals surface area (Å²) in [4.78, 5) is 4.25. The molecular formula is C13H15BrN2OS. The predicted molar refractivity (Wildman–Crippen MR) is 78.1 cm³/mol. The van der Waals surface area contributed by atoms with Crippen LogP contribution >= 0.6 is 27.3 Å². The summed E-state index contributed by atoms with van der Waals surface area (Å²) >= 11 is 5.12. The summed E-state index contributed by atoms with van der Waals surface area (Å²) < 4.78 is 6.20. The van der Waals surface area contributed by atoms with E-state index in [1.807, 2.05) is 11.6 Å². The number of aromatic nitrogens is 1. The van der Waals surface area contributed by atoms with Crippen molar-refractivity contribution in [3.8, 4) is 5.75 Å². The van der Waals surface area contributed by atoms with Crippen LogP contribution in [0.25, 0.3) is 0 Å². The molecule has 0 fully saturated rings. The van der Waals surface area contributed by atoms with E-state index in [4.69, 9.17) is 4.74 Å². The van der Waals surface area contributed by atoms with Gasteiger partial charge in [0.15, 0.2) is 0 Å². The first-order chi connectivity index (χ1) is 8.70. The molecule has 0 bridgehead atoms. The van der Waals surface area contributed by atoms with Crippen molar-refractivity contribution in [1.82, 2.24) is 10.3 Å². The van der Waals surface area contributed by atoms with Crippen molar-refractivity contribution in [1.29, 1.82) is 0 Å². The van der Waals surface area contributed by atoms with Crippen molar-refractivity contribution in [2.45, 2.75) is 19.5 Å². The number of methoxy groups -OCH3 is 1. The van der Waals surface area contributed by atoms with E-state index in [9.17, 15) is 0 Å². The smallest absolute Gasteiger partial charge is 0.133 e. The van der Waals surface area contributed by atoms with Gasteiger partial charge in [0, 0.05) is 18.0 Å². The number of benzene rings is 1. The van der Waals surface area contributed by atoms with Gasteiger partial charge in [0.25, 0.3) is 0 Å². The Hall–Kier alpha value is -0.910. The number of hydrogen-bond donors (Lipinski definition) is 1. The van der Waals surface area contributed by atoms with E-state index in [-0.39, 0.29) is 6.04 Å². The van der Waals surface area contributed by atoms with Gasteiger partial charge in [-0.25, -0.2) is 4.98 Å². The Labute approximate surface area is 119 Å². The molecule has 0 aliphatic carbocycles.